The van der Waals surface area contributed by atoms with E-state index in [2.05, 4.69) is 17.4 Å². The third-order valence-corrected chi connectivity index (χ3v) is 3.52. The maximum atomic E-state index is 5.95. The van der Waals surface area contributed by atoms with Crippen molar-refractivity contribution >= 4 is 17.3 Å². The van der Waals surface area contributed by atoms with E-state index in [0.29, 0.717) is 18.5 Å². The molecule has 0 bridgehead atoms. The van der Waals surface area contributed by atoms with Crippen LogP contribution in [0.2, 0.25) is 0 Å². The summed E-state index contributed by atoms with van der Waals surface area (Å²) in [6.07, 6.45) is 5.25. The molecule has 94 valence electrons. The van der Waals surface area contributed by atoms with E-state index in [1.807, 2.05) is 13.0 Å². The Balaban J connectivity index is 2.07. The first-order valence-electron chi connectivity index (χ1n) is 6.41. The van der Waals surface area contributed by atoms with Crippen LogP contribution in [0.15, 0.2) is 18.2 Å². The van der Waals surface area contributed by atoms with Crippen molar-refractivity contribution in [1.29, 1.82) is 0 Å². The van der Waals surface area contributed by atoms with E-state index in [0.717, 1.165) is 17.0 Å². The van der Waals surface area contributed by atoms with Crippen molar-refractivity contribution in [3.8, 4) is 5.75 Å². The summed E-state index contributed by atoms with van der Waals surface area (Å²) in [5.41, 5.74) is 2.23. The highest BCUT2D eigenvalue weighted by atomic mass is 35.5. The Morgan fingerprint density at radius 3 is 2.76 bits per heavy atom. The van der Waals surface area contributed by atoms with Gasteiger partial charge in [-0.1, -0.05) is 12.8 Å². The fourth-order valence-electron chi connectivity index (χ4n) is 2.38. The predicted molar refractivity (Wildman–Crippen MR) is 73.0 cm³/mol. The smallest absolute Gasteiger partial charge is 0.123 e. The Morgan fingerprint density at radius 2 is 2.12 bits per heavy atom. The van der Waals surface area contributed by atoms with Gasteiger partial charge in [-0.3, -0.25) is 0 Å². The zero-order valence-corrected chi connectivity index (χ0v) is 11.1. The van der Waals surface area contributed by atoms with Crippen LogP contribution in [0, 0.1) is 0 Å². The van der Waals surface area contributed by atoms with Gasteiger partial charge in [0.15, 0.2) is 0 Å². The van der Waals surface area contributed by atoms with Gasteiger partial charge in [0.2, 0.25) is 0 Å². The van der Waals surface area contributed by atoms with Crippen LogP contribution in [0.5, 0.6) is 5.75 Å². The Morgan fingerprint density at radius 1 is 1.35 bits per heavy atom. The Hall–Kier alpha value is -0.890. The van der Waals surface area contributed by atoms with E-state index >= 15 is 0 Å². The van der Waals surface area contributed by atoms with Crippen LogP contribution >= 0.6 is 11.6 Å². The standard InChI is InChI=1S/C14H20ClNO/c1-2-17-14-8-7-13(9-11(14)10-15)16-12-5-3-4-6-12/h7-9,12,16H,2-6,10H2,1H3. The molecular weight excluding hydrogens is 234 g/mol. The van der Waals surface area contributed by atoms with E-state index in [9.17, 15) is 0 Å². The summed E-state index contributed by atoms with van der Waals surface area (Å²) in [5.74, 6) is 1.40. The lowest BCUT2D eigenvalue weighted by Crippen LogP contribution is -2.14. The fraction of sp³-hybridized carbons (Fsp3) is 0.571. The third-order valence-electron chi connectivity index (χ3n) is 3.23. The molecule has 3 heteroatoms. The minimum Gasteiger partial charge on any atom is -0.494 e. The number of nitrogens with one attached hydrogen (secondary N) is 1. The minimum atomic E-state index is 0.496. The highest BCUT2D eigenvalue weighted by molar-refractivity contribution is 6.17. The van der Waals surface area contributed by atoms with Crippen LogP contribution in [-0.2, 0) is 5.88 Å². The molecule has 1 aliphatic rings. The van der Waals surface area contributed by atoms with Crippen molar-refractivity contribution in [2.75, 3.05) is 11.9 Å². The molecule has 0 aromatic heterocycles. The van der Waals surface area contributed by atoms with Crippen LogP contribution in [0.3, 0.4) is 0 Å². The zero-order valence-electron chi connectivity index (χ0n) is 10.3. The van der Waals surface area contributed by atoms with Gasteiger partial charge in [0, 0.05) is 17.3 Å². The van der Waals surface area contributed by atoms with Crippen molar-refractivity contribution in [3.63, 3.8) is 0 Å². The van der Waals surface area contributed by atoms with Gasteiger partial charge < -0.3 is 10.1 Å². The Kier molecular flexibility index (Phi) is 4.55. The molecule has 1 aliphatic carbocycles. The summed E-state index contributed by atoms with van der Waals surface area (Å²) >= 11 is 5.95. The van der Waals surface area contributed by atoms with Gasteiger partial charge in [0.25, 0.3) is 0 Å². The maximum Gasteiger partial charge on any atom is 0.123 e. The molecule has 2 nitrogen and oxygen atoms in total. The van der Waals surface area contributed by atoms with E-state index < -0.39 is 0 Å². The molecule has 0 atom stereocenters. The van der Waals surface area contributed by atoms with Gasteiger partial charge in [-0.15, -0.1) is 11.6 Å². The molecule has 1 N–H and O–H groups in total. The van der Waals surface area contributed by atoms with E-state index in [-0.39, 0.29) is 0 Å². The quantitative estimate of drug-likeness (QED) is 0.795. The highest BCUT2D eigenvalue weighted by Gasteiger charge is 2.15. The molecule has 0 amide bonds. The van der Waals surface area contributed by atoms with Crippen molar-refractivity contribution < 1.29 is 4.74 Å². The molecule has 0 saturated heterocycles. The number of rotatable bonds is 5. The van der Waals surface area contributed by atoms with Crippen LogP contribution < -0.4 is 10.1 Å². The lowest BCUT2D eigenvalue weighted by molar-refractivity contribution is 0.337. The van der Waals surface area contributed by atoms with Crippen molar-refractivity contribution in [3.05, 3.63) is 23.8 Å². The van der Waals surface area contributed by atoms with Gasteiger partial charge >= 0.3 is 0 Å². The predicted octanol–water partition coefficient (Wildman–Crippen LogP) is 4.18. The first-order valence-corrected chi connectivity index (χ1v) is 6.95. The van der Waals surface area contributed by atoms with Gasteiger partial charge in [-0.25, -0.2) is 0 Å². The lowest BCUT2D eigenvalue weighted by Gasteiger charge is -2.16. The summed E-state index contributed by atoms with van der Waals surface area (Å²) in [4.78, 5) is 0. The number of benzene rings is 1. The number of halogens is 1. The number of alkyl halides is 1. The van der Waals surface area contributed by atoms with E-state index in [1.54, 1.807) is 0 Å². The van der Waals surface area contributed by atoms with Crippen LogP contribution in [0.25, 0.3) is 0 Å². The molecule has 1 fully saturated rings. The molecule has 0 heterocycles. The summed E-state index contributed by atoms with van der Waals surface area (Å²) in [7, 11) is 0. The number of anilines is 1. The molecule has 17 heavy (non-hydrogen) atoms. The Labute approximate surface area is 108 Å². The molecule has 0 radical (unpaired) electrons. The summed E-state index contributed by atoms with van der Waals surface area (Å²) < 4.78 is 5.54. The first kappa shape index (κ1) is 12.6. The largest absolute Gasteiger partial charge is 0.494 e. The fourth-order valence-corrected chi connectivity index (χ4v) is 2.58. The molecule has 1 saturated carbocycles. The second kappa shape index (κ2) is 6.15. The summed E-state index contributed by atoms with van der Waals surface area (Å²) in [5, 5.41) is 3.57. The normalized spacial score (nSPS) is 16.1. The SMILES string of the molecule is CCOc1ccc(NC2CCCC2)cc1CCl. The zero-order chi connectivity index (χ0) is 12.1. The molecule has 0 spiro atoms. The van der Waals surface area contributed by atoms with E-state index in [4.69, 9.17) is 16.3 Å². The van der Waals surface area contributed by atoms with Crippen LogP contribution in [0.4, 0.5) is 5.69 Å². The van der Waals surface area contributed by atoms with Crippen LogP contribution in [0.1, 0.15) is 38.2 Å². The second-order valence-corrected chi connectivity index (χ2v) is 4.78. The van der Waals surface area contributed by atoms with Gasteiger partial charge in [-0.05, 0) is 38.0 Å². The molecule has 0 aliphatic heterocycles. The van der Waals surface area contributed by atoms with Gasteiger partial charge in [0.1, 0.15) is 5.75 Å². The van der Waals surface area contributed by atoms with Gasteiger partial charge in [-0.2, -0.15) is 0 Å². The highest BCUT2D eigenvalue weighted by Crippen LogP contribution is 2.27. The molecule has 2 rings (SSSR count). The molecular formula is C14H20ClNO. The minimum absolute atomic E-state index is 0.496. The number of hydrogen-bond donors (Lipinski definition) is 1. The third kappa shape index (κ3) is 3.29. The van der Waals surface area contributed by atoms with E-state index in [1.165, 1.54) is 25.7 Å². The lowest BCUT2D eigenvalue weighted by atomic mass is 10.1. The second-order valence-electron chi connectivity index (χ2n) is 4.51. The summed E-state index contributed by atoms with van der Waals surface area (Å²) in [6, 6.07) is 6.84. The summed E-state index contributed by atoms with van der Waals surface area (Å²) in [6.45, 7) is 2.67. The van der Waals surface area contributed by atoms with Crippen molar-refractivity contribution in [1.82, 2.24) is 0 Å². The average Bonchev–Trinajstić information content (AvgIpc) is 2.84. The maximum absolute atomic E-state index is 5.95. The van der Waals surface area contributed by atoms with Gasteiger partial charge in [0.05, 0.1) is 12.5 Å². The first-order chi connectivity index (χ1) is 8.33. The van der Waals surface area contributed by atoms with Crippen molar-refractivity contribution in [2.24, 2.45) is 0 Å². The molecule has 0 unspecified atom stereocenters. The number of ether oxygens (including phenoxy) is 1. The average molecular weight is 254 g/mol. The molecule has 1 aromatic rings. The van der Waals surface area contributed by atoms with Crippen LogP contribution in [-0.4, -0.2) is 12.6 Å². The topological polar surface area (TPSA) is 21.3 Å². The monoisotopic (exact) mass is 253 g/mol. The van der Waals surface area contributed by atoms with Crippen molar-refractivity contribution in [2.45, 2.75) is 44.5 Å². The molecule has 1 aromatic carbocycles. The number of hydrogen-bond acceptors (Lipinski definition) is 2. The Bertz CT molecular complexity index is 361.